The molecule has 0 bridgehead atoms. The molecule has 0 atom stereocenters. The van der Waals surface area contributed by atoms with E-state index in [1.54, 1.807) is 0 Å². The summed E-state index contributed by atoms with van der Waals surface area (Å²) in [5.74, 6) is 0. The number of thiol groups is 1. The molecule has 0 aliphatic rings. The van der Waals surface area contributed by atoms with Crippen LogP contribution >= 0.6 is 12.6 Å². The van der Waals surface area contributed by atoms with Crippen molar-refractivity contribution < 1.29 is 4.79 Å². The Morgan fingerprint density at radius 2 is 2.29 bits per heavy atom. The predicted octanol–water partition coefficient (Wildman–Crippen LogP) is 1.88. The number of carbonyl (C=O) groups excluding carboxylic acids is 1. The van der Waals surface area contributed by atoms with E-state index >= 15 is 0 Å². The number of aromatic amines is 1. The van der Waals surface area contributed by atoms with Crippen molar-refractivity contribution in [3.05, 3.63) is 23.8 Å². The summed E-state index contributed by atoms with van der Waals surface area (Å²) in [6, 6.07) is 6.05. The molecule has 2 rings (SSSR count). The lowest BCUT2D eigenvalue weighted by Crippen LogP contribution is -2.32. The molecule has 5 heteroatoms. The monoisotopic (exact) mass is 249 g/mol. The number of aromatic nitrogens is 2. The van der Waals surface area contributed by atoms with Crippen LogP contribution in [0.25, 0.3) is 11.0 Å². The number of carbonyl (C=O) groups is 1. The molecule has 1 heterocycles. The fourth-order valence-electron chi connectivity index (χ4n) is 1.81. The zero-order valence-corrected chi connectivity index (χ0v) is 10.7. The Hall–Kier alpha value is -1.49. The molecule has 1 aromatic carbocycles. The van der Waals surface area contributed by atoms with Gasteiger partial charge in [-0.05, 0) is 17.7 Å². The number of nitrogens with one attached hydrogen (secondary N) is 2. The highest BCUT2D eigenvalue weighted by Crippen LogP contribution is 2.25. The van der Waals surface area contributed by atoms with Crippen molar-refractivity contribution in [3.63, 3.8) is 0 Å². The Kier molecular flexibility index (Phi) is 3.11. The first-order valence-electron chi connectivity index (χ1n) is 5.39. The van der Waals surface area contributed by atoms with Crippen molar-refractivity contribution in [3.8, 4) is 0 Å². The molecule has 0 saturated carbocycles. The van der Waals surface area contributed by atoms with E-state index in [1.165, 1.54) is 0 Å². The molecule has 0 unspecified atom stereocenters. The number of imidazole rings is 1. The van der Waals surface area contributed by atoms with Crippen molar-refractivity contribution in [1.29, 1.82) is 0 Å². The van der Waals surface area contributed by atoms with Gasteiger partial charge in [-0.1, -0.05) is 19.9 Å². The van der Waals surface area contributed by atoms with E-state index in [2.05, 4.69) is 41.8 Å². The first-order chi connectivity index (χ1) is 8.03. The normalized spacial score (nSPS) is 11.7. The maximum absolute atomic E-state index is 10.4. The second-order valence-corrected chi connectivity index (χ2v) is 5.10. The van der Waals surface area contributed by atoms with Gasteiger partial charge in [0.15, 0.2) is 5.16 Å². The van der Waals surface area contributed by atoms with Crippen molar-refractivity contribution >= 4 is 30.1 Å². The van der Waals surface area contributed by atoms with Crippen molar-refractivity contribution in [1.82, 2.24) is 15.3 Å². The van der Waals surface area contributed by atoms with Gasteiger partial charge in [0.1, 0.15) is 0 Å². The summed E-state index contributed by atoms with van der Waals surface area (Å²) in [5.41, 5.74) is 2.88. The maximum Gasteiger partial charge on any atom is 0.207 e. The van der Waals surface area contributed by atoms with Crippen LogP contribution in [0.15, 0.2) is 23.4 Å². The number of fused-ring (bicyclic) bond motifs is 1. The second-order valence-electron chi connectivity index (χ2n) is 4.67. The largest absolute Gasteiger partial charge is 0.358 e. The van der Waals surface area contributed by atoms with Crippen molar-refractivity contribution in [2.75, 3.05) is 6.54 Å². The van der Waals surface area contributed by atoms with Gasteiger partial charge in [0.05, 0.1) is 11.0 Å². The Morgan fingerprint density at radius 3 is 3.00 bits per heavy atom. The van der Waals surface area contributed by atoms with Gasteiger partial charge in [0.2, 0.25) is 6.41 Å². The average molecular weight is 249 g/mol. The quantitative estimate of drug-likeness (QED) is 0.572. The number of nitrogens with zero attached hydrogens (tertiary/aromatic N) is 1. The van der Waals surface area contributed by atoms with E-state index in [-0.39, 0.29) is 5.41 Å². The lowest BCUT2D eigenvalue weighted by atomic mass is 9.84. The van der Waals surface area contributed by atoms with Crippen LogP contribution in [0.3, 0.4) is 0 Å². The van der Waals surface area contributed by atoms with Crippen LogP contribution in [0.1, 0.15) is 19.4 Å². The van der Waals surface area contributed by atoms with Gasteiger partial charge < -0.3 is 10.3 Å². The van der Waals surface area contributed by atoms with Gasteiger partial charge in [-0.15, -0.1) is 12.6 Å². The molecule has 4 nitrogen and oxygen atoms in total. The van der Waals surface area contributed by atoms with E-state index in [1.807, 2.05) is 18.2 Å². The molecule has 1 aromatic heterocycles. The fourth-order valence-corrected chi connectivity index (χ4v) is 2.04. The van der Waals surface area contributed by atoms with E-state index in [0.29, 0.717) is 11.7 Å². The van der Waals surface area contributed by atoms with Gasteiger partial charge in [0, 0.05) is 12.0 Å². The van der Waals surface area contributed by atoms with Gasteiger partial charge >= 0.3 is 0 Å². The van der Waals surface area contributed by atoms with Gasteiger partial charge in [-0.2, -0.15) is 0 Å². The lowest BCUT2D eigenvalue weighted by Gasteiger charge is -2.24. The zero-order valence-electron chi connectivity index (χ0n) is 9.82. The minimum Gasteiger partial charge on any atom is -0.358 e. The standard InChI is InChI=1S/C12H15N3OS/c1-12(2,6-13-7-16)8-3-4-9-10(5-8)15-11(17)14-9/h3-5,7H,6H2,1-2H3,(H,13,16)(H2,14,15,17). The number of amides is 1. The number of hydrogen-bond donors (Lipinski definition) is 3. The maximum atomic E-state index is 10.4. The first kappa shape index (κ1) is 12.0. The van der Waals surface area contributed by atoms with E-state index in [9.17, 15) is 4.79 Å². The van der Waals surface area contributed by atoms with Crippen LogP contribution in [0.2, 0.25) is 0 Å². The third kappa shape index (κ3) is 2.44. The smallest absolute Gasteiger partial charge is 0.207 e. The third-order valence-electron chi connectivity index (χ3n) is 2.88. The van der Waals surface area contributed by atoms with E-state index in [4.69, 9.17) is 0 Å². The highest BCUT2D eigenvalue weighted by atomic mass is 32.1. The number of rotatable bonds is 4. The molecule has 0 aliphatic carbocycles. The third-order valence-corrected chi connectivity index (χ3v) is 3.09. The summed E-state index contributed by atoms with van der Waals surface area (Å²) in [6.45, 7) is 4.76. The van der Waals surface area contributed by atoms with Crippen LogP contribution in [0, 0.1) is 0 Å². The molecule has 2 N–H and O–H groups in total. The molecule has 1 amide bonds. The Labute approximate surface area is 105 Å². The van der Waals surface area contributed by atoms with E-state index in [0.717, 1.165) is 23.0 Å². The topological polar surface area (TPSA) is 57.8 Å². The average Bonchev–Trinajstić information content (AvgIpc) is 2.65. The Bertz CT molecular complexity index is 548. The Morgan fingerprint density at radius 1 is 1.53 bits per heavy atom. The molecule has 90 valence electrons. The van der Waals surface area contributed by atoms with Crippen LogP contribution < -0.4 is 5.32 Å². The summed E-state index contributed by atoms with van der Waals surface area (Å²) in [5, 5.41) is 3.33. The van der Waals surface area contributed by atoms with Crippen molar-refractivity contribution in [2.45, 2.75) is 24.4 Å². The van der Waals surface area contributed by atoms with Crippen molar-refractivity contribution in [2.24, 2.45) is 0 Å². The molecule has 0 fully saturated rings. The first-order valence-corrected chi connectivity index (χ1v) is 5.84. The minimum absolute atomic E-state index is 0.120. The lowest BCUT2D eigenvalue weighted by molar-refractivity contribution is -0.109. The summed E-state index contributed by atoms with van der Waals surface area (Å²) in [6.07, 6.45) is 0.723. The molecular weight excluding hydrogens is 234 g/mol. The van der Waals surface area contributed by atoms with E-state index < -0.39 is 0 Å². The van der Waals surface area contributed by atoms with Gasteiger partial charge in [0.25, 0.3) is 0 Å². The summed E-state index contributed by atoms with van der Waals surface area (Å²) >= 11 is 4.18. The number of H-pyrrole nitrogens is 1. The summed E-state index contributed by atoms with van der Waals surface area (Å²) in [7, 11) is 0. The zero-order chi connectivity index (χ0) is 12.5. The van der Waals surface area contributed by atoms with Crippen LogP contribution in [-0.4, -0.2) is 22.9 Å². The SMILES string of the molecule is CC(C)(CNC=O)c1ccc2[nH]c(S)nc2c1. The molecule has 0 saturated heterocycles. The van der Waals surface area contributed by atoms with Gasteiger partial charge in [-0.25, -0.2) is 4.98 Å². The predicted molar refractivity (Wildman–Crippen MR) is 70.4 cm³/mol. The summed E-state index contributed by atoms with van der Waals surface area (Å²) < 4.78 is 0. The second kappa shape index (κ2) is 4.41. The fraction of sp³-hybridized carbons (Fsp3) is 0.333. The molecule has 2 aromatic rings. The van der Waals surface area contributed by atoms with Gasteiger partial charge in [-0.3, -0.25) is 4.79 Å². The minimum atomic E-state index is -0.120. The molecule has 0 spiro atoms. The highest BCUT2D eigenvalue weighted by Gasteiger charge is 2.20. The molecule has 0 radical (unpaired) electrons. The summed E-state index contributed by atoms with van der Waals surface area (Å²) in [4.78, 5) is 17.7. The van der Waals surface area contributed by atoms with Crippen LogP contribution in [-0.2, 0) is 10.2 Å². The number of benzene rings is 1. The van der Waals surface area contributed by atoms with Crippen LogP contribution in [0.5, 0.6) is 0 Å². The molecular formula is C12H15N3OS. The molecule has 17 heavy (non-hydrogen) atoms. The highest BCUT2D eigenvalue weighted by molar-refractivity contribution is 7.80. The Balaban J connectivity index is 2.37. The number of hydrogen-bond acceptors (Lipinski definition) is 3. The molecule has 0 aliphatic heterocycles. The van der Waals surface area contributed by atoms with Crippen LogP contribution in [0.4, 0.5) is 0 Å².